The molecule has 1 nitrogen and oxygen atoms in total. The Balaban J connectivity index is 3.01. The maximum Gasteiger partial charge on any atom is 0.214 e. The first-order valence-electron chi connectivity index (χ1n) is 5.10. The maximum atomic E-state index is 12.1. The summed E-state index contributed by atoms with van der Waals surface area (Å²) in [5.74, 6) is 0.273. The molecule has 82 valence electrons. The van der Waals surface area contributed by atoms with Gasteiger partial charge in [0, 0.05) is 5.56 Å². The monoisotopic (exact) mass is 223 g/mol. The number of hydrogen-bond acceptors (Lipinski definition) is 1. The van der Waals surface area contributed by atoms with E-state index in [4.69, 9.17) is 0 Å². The first-order chi connectivity index (χ1) is 6.91. The summed E-state index contributed by atoms with van der Waals surface area (Å²) in [7, 11) is 0.146. The van der Waals surface area contributed by atoms with Crippen molar-refractivity contribution in [1.82, 2.24) is 0 Å². The molecule has 0 aliphatic carbocycles. The molecule has 0 bridgehead atoms. The number of aryl methyl sites for hydroxylation is 2. The Hall–Kier alpha value is -0.760. The lowest BCUT2D eigenvalue weighted by Crippen LogP contribution is -2.25. The summed E-state index contributed by atoms with van der Waals surface area (Å²) in [5, 5.41) is 0.131. The second-order valence-corrected chi connectivity index (χ2v) is 6.73. The summed E-state index contributed by atoms with van der Waals surface area (Å²) in [6, 6.07) is 6.07. The van der Waals surface area contributed by atoms with Crippen LogP contribution in [0.2, 0.25) is 0 Å². The van der Waals surface area contributed by atoms with Crippen molar-refractivity contribution in [1.29, 1.82) is 0 Å². The fourth-order valence-corrected chi connectivity index (χ4v) is 2.13. The van der Waals surface area contributed by atoms with Gasteiger partial charge in [0.1, 0.15) is 0 Å². The Labute approximate surface area is 95.2 Å². The summed E-state index contributed by atoms with van der Waals surface area (Å²) >= 11 is 0. The first-order valence-corrected chi connectivity index (χ1v) is 7.21. The van der Waals surface area contributed by atoms with Crippen LogP contribution in [0.4, 0.5) is 0 Å². The molecule has 0 radical (unpaired) electrons. The molecule has 0 aliphatic heterocycles. The van der Waals surface area contributed by atoms with Gasteiger partial charge in [-0.1, -0.05) is 17.2 Å². The molecule has 0 heterocycles. The highest BCUT2D eigenvalue weighted by atomic mass is 32.2. The number of hydrogen-bond donors (Lipinski definition) is 0. The highest BCUT2D eigenvalue weighted by Gasteiger charge is 2.25. The summed E-state index contributed by atoms with van der Waals surface area (Å²) in [4.78, 5) is 12.1. The second kappa shape index (κ2) is 4.84. The van der Waals surface area contributed by atoms with Crippen molar-refractivity contribution in [2.24, 2.45) is 0 Å². The largest absolute Gasteiger partial charge is 0.289 e. The number of carbonyl (C=O) groups is 1. The van der Waals surface area contributed by atoms with Gasteiger partial charge in [0.05, 0.1) is 12.5 Å². The lowest BCUT2D eigenvalue weighted by molar-refractivity contribution is 0.0993. The Morgan fingerprint density at radius 2 is 1.60 bits per heavy atom. The average molecular weight is 223 g/mol. The fraction of sp³-hybridized carbons (Fsp3) is 0.462. The molecule has 0 N–H and O–H groups in total. The molecule has 1 aromatic rings. The Morgan fingerprint density at radius 3 is 2.00 bits per heavy atom. The van der Waals surface area contributed by atoms with Gasteiger partial charge in [0.15, 0.2) is 5.25 Å². The van der Waals surface area contributed by atoms with Crippen LogP contribution in [-0.2, 0) is 10.9 Å². The van der Waals surface area contributed by atoms with E-state index < -0.39 is 0 Å². The van der Waals surface area contributed by atoms with Crippen LogP contribution in [0.3, 0.4) is 0 Å². The molecule has 1 rings (SSSR count). The predicted octanol–water partition coefficient (Wildman–Crippen LogP) is 2.75. The quantitative estimate of drug-likeness (QED) is 0.569. The van der Waals surface area contributed by atoms with E-state index in [1.165, 1.54) is 0 Å². The van der Waals surface area contributed by atoms with Crippen molar-refractivity contribution in [3.63, 3.8) is 0 Å². The first kappa shape index (κ1) is 12.3. The van der Waals surface area contributed by atoms with E-state index in [0.29, 0.717) is 0 Å². The minimum Gasteiger partial charge on any atom is -0.289 e. The number of benzene rings is 1. The van der Waals surface area contributed by atoms with E-state index >= 15 is 0 Å². The van der Waals surface area contributed by atoms with Crippen molar-refractivity contribution in [3.8, 4) is 0 Å². The van der Waals surface area contributed by atoms with E-state index in [2.05, 4.69) is 18.6 Å². The van der Waals surface area contributed by atoms with Gasteiger partial charge in [-0.25, -0.2) is 0 Å². The Bertz CT molecular complexity index is 349. The molecule has 15 heavy (non-hydrogen) atoms. The van der Waals surface area contributed by atoms with Crippen molar-refractivity contribution in [2.45, 2.75) is 26.0 Å². The van der Waals surface area contributed by atoms with Crippen LogP contribution in [0.1, 0.15) is 28.4 Å². The summed E-state index contributed by atoms with van der Waals surface area (Å²) < 4.78 is 0. The highest BCUT2D eigenvalue weighted by molar-refractivity contribution is 7.96. The van der Waals surface area contributed by atoms with Crippen molar-refractivity contribution in [3.05, 3.63) is 34.9 Å². The third-order valence-electron chi connectivity index (χ3n) is 2.58. The van der Waals surface area contributed by atoms with Crippen LogP contribution in [-0.4, -0.2) is 23.5 Å². The molecule has 1 aromatic carbocycles. The topological polar surface area (TPSA) is 17.1 Å². The zero-order valence-electron chi connectivity index (χ0n) is 10.1. The third kappa shape index (κ3) is 3.10. The minimum absolute atomic E-state index is 0.131. The normalized spacial score (nSPS) is 12.9. The van der Waals surface area contributed by atoms with Gasteiger partial charge in [0.2, 0.25) is 5.78 Å². The molecule has 0 fully saturated rings. The van der Waals surface area contributed by atoms with Crippen LogP contribution in [0, 0.1) is 13.8 Å². The van der Waals surface area contributed by atoms with E-state index in [1.54, 1.807) is 0 Å². The molecule has 0 aliphatic rings. The Morgan fingerprint density at radius 1 is 1.13 bits per heavy atom. The van der Waals surface area contributed by atoms with Crippen LogP contribution in [0.15, 0.2) is 18.2 Å². The number of rotatable bonds is 3. The van der Waals surface area contributed by atoms with Gasteiger partial charge in [-0.15, -0.1) is 0 Å². The average Bonchev–Trinajstić information content (AvgIpc) is 2.13. The van der Waals surface area contributed by atoms with E-state index in [9.17, 15) is 4.79 Å². The van der Waals surface area contributed by atoms with Crippen LogP contribution in [0.25, 0.3) is 0 Å². The third-order valence-corrected chi connectivity index (χ3v) is 4.21. The van der Waals surface area contributed by atoms with Crippen LogP contribution < -0.4 is 0 Å². The van der Waals surface area contributed by atoms with Crippen molar-refractivity contribution >= 4 is 16.7 Å². The van der Waals surface area contributed by atoms with Gasteiger partial charge in [-0.2, -0.15) is 0 Å². The molecule has 2 heteroatoms. The number of ketones is 1. The molecule has 0 saturated heterocycles. The number of Topliss-reactive ketones (excluding diaryl/α,β-unsaturated/α-hetero) is 1. The molecule has 1 atom stereocenters. The minimum atomic E-state index is 0.131. The number of carbonyl (C=O) groups excluding carboxylic acids is 1. The van der Waals surface area contributed by atoms with Crippen molar-refractivity contribution < 1.29 is 4.79 Å². The van der Waals surface area contributed by atoms with Gasteiger partial charge >= 0.3 is 0 Å². The summed E-state index contributed by atoms with van der Waals surface area (Å²) in [6.45, 7) is 6.08. The standard InChI is InChI=1S/C13H19OS/c1-9-6-10(2)8-12(7-9)13(14)11(3)15(4)5/h6-8,11H,1-5H3/q+1. The molecule has 0 aromatic heterocycles. The lowest BCUT2D eigenvalue weighted by atomic mass is 10.0. The lowest BCUT2D eigenvalue weighted by Gasteiger charge is -2.08. The van der Waals surface area contributed by atoms with Gasteiger partial charge in [-0.05, 0) is 43.8 Å². The van der Waals surface area contributed by atoms with Gasteiger partial charge < -0.3 is 0 Å². The van der Waals surface area contributed by atoms with Crippen LogP contribution in [0.5, 0.6) is 0 Å². The molecular formula is C13H19OS+. The van der Waals surface area contributed by atoms with E-state index in [1.807, 2.05) is 32.9 Å². The second-order valence-electron chi connectivity index (χ2n) is 4.26. The smallest absolute Gasteiger partial charge is 0.214 e. The maximum absolute atomic E-state index is 12.1. The zero-order chi connectivity index (χ0) is 11.6. The molecular weight excluding hydrogens is 204 g/mol. The molecule has 1 unspecified atom stereocenters. The Kier molecular flexibility index (Phi) is 3.97. The fourth-order valence-electron chi connectivity index (χ4n) is 1.57. The van der Waals surface area contributed by atoms with E-state index in [0.717, 1.165) is 16.7 Å². The van der Waals surface area contributed by atoms with E-state index in [-0.39, 0.29) is 21.9 Å². The van der Waals surface area contributed by atoms with Gasteiger partial charge in [0.25, 0.3) is 0 Å². The zero-order valence-corrected chi connectivity index (χ0v) is 10.9. The summed E-state index contributed by atoms with van der Waals surface area (Å²) in [6.07, 6.45) is 4.23. The highest BCUT2D eigenvalue weighted by Crippen LogP contribution is 2.14. The molecule has 0 spiro atoms. The van der Waals surface area contributed by atoms with Gasteiger partial charge in [-0.3, -0.25) is 4.79 Å². The molecule has 0 amide bonds. The SMILES string of the molecule is Cc1cc(C)cc(C(=O)C(C)[S+](C)C)c1. The molecule has 0 saturated carbocycles. The summed E-state index contributed by atoms with van der Waals surface area (Å²) in [5.41, 5.74) is 3.19. The van der Waals surface area contributed by atoms with Crippen molar-refractivity contribution in [2.75, 3.05) is 12.5 Å². The van der Waals surface area contributed by atoms with Crippen LogP contribution >= 0.6 is 0 Å². The predicted molar refractivity (Wildman–Crippen MR) is 68.9 cm³/mol.